The van der Waals surface area contributed by atoms with Crippen LogP contribution in [0.1, 0.15) is 30.1 Å². The smallest absolute Gasteiger partial charge is 0.252 e. The van der Waals surface area contributed by atoms with E-state index in [2.05, 4.69) is 17.2 Å². The Morgan fingerprint density at radius 1 is 1.29 bits per heavy atom. The van der Waals surface area contributed by atoms with Gasteiger partial charge in [0.15, 0.2) is 0 Å². The second-order valence-electron chi connectivity index (χ2n) is 6.86. The van der Waals surface area contributed by atoms with E-state index >= 15 is 0 Å². The van der Waals surface area contributed by atoms with Crippen LogP contribution < -0.4 is 16.0 Å². The fourth-order valence-electron chi connectivity index (χ4n) is 3.58. The topological polar surface area (TPSA) is 91.6 Å². The van der Waals surface area contributed by atoms with E-state index in [1.807, 2.05) is 9.80 Å². The summed E-state index contributed by atoms with van der Waals surface area (Å²) < 4.78 is 0. The summed E-state index contributed by atoms with van der Waals surface area (Å²) in [5, 5.41) is 3.33. The lowest BCUT2D eigenvalue weighted by atomic mass is 9.81. The van der Waals surface area contributed by atoms with E-state index in [-0.39, 0.29) is 11.3 Å². The number of pyridine rings is 1. The molecule has 0 aliphatic carbocycles. The summed E-state index contributed by atoms with van der Waals surface area (Å²) in [5.41, 5.74) is 5.56. The third-order valence-corrected chi connectivity index (χ3v) is 5.03. The molecule has 2 amide bonds. The summed E-state index contributed by atoms with van der Waals surface area (Å²) >= 11 is 0. The van der Waals surface area contributed by atoms with Crippen molar-refractivity contribution in [1.29, 1.82) is 0 Å². The zero-order chi connectivity index (χ0) is 17.2. The lowest BCUT2D eigenvalue weighted by Crippen LogP contribution is -2.56. The molecule has 0 saturated carbocycles. The lowest BCUT2D eigenvalue weighted by Gasteiger charge is -2.41. The molecule has 1 aromatic rings. The first-order chi connectivity index (χ1) is 11.5. The Morgan fingerprint density at radius 3 is 2.67 bits per heavy atom. The molecule has 0 bridgehead atoms. The predicted molar refractivity (Wildman–Crippen MR) is 91.8 cm³/mol. The number of nitrogens with one attached hydrogen (secondary N) is 1. The van der Waals surface area contributed by atoms with Gasteiger partial charge in [-0.25, -0.2) is 4.98 Å². The summed E-state index contributed by atoms with van der Waals surface area (Å²) in [6.45, 7) is 6.40. The fraction of sp³-hybridized carbons (Fsp3) is 0.588. The number of piperazine rings is 1. The van der Waals surface area contributed by atoms with Gasteiger partial charge in [-0.1, -0.05) is 0 Å². The van der Waals surface area contributed by atoms with Crippen LogP contribution in [-0.4, -0.2) is 61.0 Å². The minimum atomic E-state index is -0.475. The van der Waals surface area contributed by atoms with Crippen molar-refractivity contribution in [2.75, 3.05) is 44.2 Å². The number of carbonyl (C=O) groups excluding carboxylic acids is 2. The number of primary amides is 1. The number of hydrogen-bond acceptors (Lipinski definition) is 5. The second kappa shape index (κ2) is 6.76. The number of anilines is 1. The summed E-state index contributed by atoms with van der Waals surface area (Å²) in [4.78, 5) is 32.7. The number of aromatic nitrogens is 1. The maximum absolute atomic E-state index is 12.9. The fourth-order valence-corrected chi connectivity index (χ4v) is 3.58. The molecule has 3 heterocycles. The Labute approximate surface area is 142 Å². The maximum atomic E-state index is 12.9. The summed E-state index contributed by atoms with van der Waals surface area (Å²) in [7, 11) is 0. The number of nitrogens with zero attached hydrogens (tertiary/aromatic N) is 3. The van der Waals surface area contributed by atoms with E-state index in [4.69, 9.17) is 5.73 Å². The molecule has 1 unspecified atom stereocenters. The van der Waals surface area contributed by atoms with Gasteiger partial charge in [-0.2, -0.15) is 0 Å². The van der Waals surface area contributed by atoms with Crippen molar-refractivity contribution in [2.45, 2.75) is 19.8 Å². The Morgan fingerprint density at radius 2 is 2.04 bits per heavy atom. The van der Waals surface area contributed by atoms with Crippen molar-refractivity contribution in [3.63, 3.8) is 0 Å². The van der Waals surface area contributed by atoms with Crippen LogP contribution in [0.5, 0.6) is 0 Å². The largest absolute Gasteiger partial charge is 0.365 e. The SMILES string of the molecule is CC1(C(=O)N2CCN(c3ncccc3C(N)=O)CC2)CCCNC1. The number of carbonyl (C=O) groups is 2. The lowest BCUT2D eigenvalue weighted by molar-refractivity contribution is -0.142. The Balaban J connectivity index is 1.66. The van der Waals surface area contributed by atoms with Gasteiger partial charge in [0.2, 0.25) is 5.91 Å². The molecule has 130 valence electrons. The first-order valence-corrected chi connectivity index (χ1v) is 8.51. The standard InChI is InChI=1S/C17H25N5O2/c1-17(5-3-6-19-12-17)16(24)22-10-8-21(9-11-22)15-13(14(18)23)4-2-7-20-15/h2,4,7,19H,3,5-6,8-12H2,1H3,(H2,18,23). The Bertz CT molecular complexity index is 619. The molecule has 1 atom stereocenters. The van der Waals surface area contributed by atoms with Crippen molar-refractivity contribution in [3.05, 3.63) is 23.9 Å². The molecule has 0 aromatic carbocycles. The van der Waals surface area contributed by atoms with E-state index in [1.54, 1.807) is 18.3 Å². The first kappa shape index (κ1) is 16.7. The molecule has 1 aromatic heterocycles. The van der Waals surface area contributed by atoms with Crippen LogP contribution in [0.15, 0.2) is 18.3 Å². The summed E-state index contributed by atoms with van der Waals surface area (Å²) in [6, 6.07) is 3.40. The molecule has 7 nitrogen and oxygen atoms in total. The van der Waals surface area contributed by atoms with Crippen LogP contribution in [0.3, 0.4) is 0 Å². The van der Waals surface area contributed by atoms with Gasteiger partial charge in [-0.15, -0.1) is 0 Å². The van der Waals surface area contributed by atoms with Gasteiger partial charge in [0.05, 0.1) is 11.0 Å². The van der Waals surface area contributed by atoms with Crippen LogP contribution in [0.4, 0.5) is 5.82 Å². The van der Waals surface area contributed by atoms with Crippen molar-refractivity contribution < 1.29 is 9.59 Å². The van der Waals surface area contributed by atoms with Crippen LogP contribution in [0.2, 0.25) is 0 Å². The third kappa shape index (κ3) is 3.21. The molecular weight excluding hydrogens is 306 g/mol. The first-order valence-electron chi connectivity index (χ1n) is 8.51. The molecule has 3 rings (SSSR count). The Hall–Kier alpha value is -2.15. The molecule has 2 aliphatic rings. The summed E-state index contributed by atoms with van der Waals surface area (Å²) in [5.74, 6) is 0.366. The summed E-state index contributed by atoms with van der Waals surface area (Å²) in [6.07, 6.45) is 3.64. The van der Waals surface area contributed by atoms with E-state index in [9.17, 15) is 9.59 Å². The van der Waals surface area contributed by atoms with Gasteiger partial charge in [0, 0.05) is 38.9 Å². The van der Waals surface area contributed by atoms with Gasteiger partial charge >= 0.3 is 0 Å². The van der Waals surface area contributed by atoms with E-state index in [0.717, 1.165) is 25.9 Å². The highest BCUT2D eigenvalue weighted by Crippen LogP contribution is 2.29. The quantitative estimate of drug-likeness (QED) is 0.827. The molecule has 3 N–H and O–H groups in total. The number of rotatable bonds is 3. The van der Waals surface area contributed by atoms with Crippen molar-refractivity contribution in [1.82, 2.24) is 15.2 Å². The molecule has 24 heavy (non-hydrogen) atoms. The van der Waals surface area contributed by atoms with Gasteiger partial charge in [0.25, 0.3) is 5.91 Å². The van der Waals surface area contributed by atoms with Gasteiger partial charge in [-0.05, 0) is 38.4 Å². The second-order valence-corrected chi connectivity index (χ2v) is 6.86. The highest BCUT2D eigenvalue weighted by Gasteiger charge is 2.38. The van der Waals surface area contributed by atoms with Crippen molar-refractivity contribution in [2.24, 2.45) is 11.1 Å². The minimum absolute atomic E-state index is 0.227. The van der Waals surface area contributed by atoms with Gasteiger partial charge in [-0.3, -0.25) is 9.59 Å². The monoisotopic (exact) mass is 331 g/mol. The van der Waals surface area contributed by atoms with E-state index in [0.29, 0.717) is 37.6 Å². The molecule has 2 aliphatic heterocycles. The predicted octanol–water partition coefficient (Wildman–Crippen LogP) is 0.219. The molecule has 0 spiro atoms. The van der Waals surface area contributed by atoms with E-state index < -0.39 is 5.91 Å². The molecule has 2 fully saturated rings. The molecule has 0 radical (unpaired) electrons. The van der Waals surface area contributed by atoms with Crippen LogP contribution >= 0.6 is 0 Å². The number of piperidine rings is 1. The number of amides is 2. The van der Waals surface area contributed by atoms with Crippen LogP contribution in [0.25, 0.3) is 0 Å². The average Bonchev–Trinajstić information content (AvgIpc) is 2.62. The average molecular weight is 331 g/mol. The van der Waals surface area contributed by atoms with Crippen molar-refractivity contribution >= 4 is 17.6 Å². The third-order valence-electron chi connectivity index (χ3n) is 5.03. The number of hydrogen-bond donors (Lipinski definition) is 2. The normalized spacial score (nSPS) is 24.7. The Kier molecular flexibility index (Phi) is 4.71. The zero-order valence-corrected chi connectivity index (χ0v) is 14.1. The highest BCUT2D eigenvalue weighted by molar-refractivity contribution is 5.97. The zero-order valence-electron chi connectivity index (χ0n) is 14.1. The van der Waals surface area contributed by atoms with Crippen LogP contribution in [-0.2, 0) is 4.79 Å². The number of nitrogens with two attached hydrogens (primary N) is 1. The molecule has 7 heteroatoms. The minimum Gasteiger partial charge on any atom is -0.365 e. The van der Waals surface area contributed by atoms with E-state index in [1.165, 1.54) is 0 Å². The van der Waals surface area contributed by atoms with Gasteiger partial charge in [0.1, 0.15) is 5.82 Å². The highest BCUT2D eigenvalue weighted by atomic mass is 16.2. The molecule has 2 saturated heterocycles. The van der Waals surface area contributed by atoms with Crippen LogP contribution in [0, 0.1) is 5.41 Å². The molecular formula is C17H25N5O2. The van der Waals surface area contributed by atoms with Crippen molar-refractivity contribution in [3.8, 4) is 0 Å². The van der Waals surface area contributed by atoms with Gasteiger partial charge < -0.3 is 20.9 Å². The maximum Gasteiger partial charge on any atom is 0.252 e.